The minimum Gasteiger partial charge on any atom is -0.376 e. The number of amides is 1. The van der Waals surface area contributed by atoms with E-state index < -0.39 is 0 Å². The number of carbonyl (C=O) groups is 1. The average molecular weight is 390 g/mol. The average Bonchev–Trinajstić information content (AvgIpc) is 2.71. The minimum atomic E-state index is -0.275. The molecule has 0 aromatic carbocycles. The molecule has 0 radical (unpaired) electrons. The van der Waals surface area contributed by atoms with Crippen LogP contribution in [-0.4, -0.2) is 29.6 Å². The molecule has 0 atom stereocenters. The van der Waals surface area contributed by atoms with Crippen molar-refractivity contribution >= 4 is 55.0 Å². The molecule has 1 saturated heterocycles. The van der Waals surface area contributed by atoms with Crippen LogP contribution in [0.25, 0.3) is 10.2 Å². The van der Waals surface area contributed by atoms with Gasteiger partial charge in [-0.05, 0) is 42.3 Å². The van der Waals surface area contributed by atoms with Gasteiger partial charge in [0.05, 0.1) is 33.9 Å². The second-order valence-corrected chi connectivity index (χ2v) is 7.74. The highest BCUT2D eigenvalue weighted by atomic mass is 79.9. The van der Waals surface area contributed by atoms with Gasteiger partial charge in [0, 0.05) is 5.39 Å². The van der Waals surface area contributed by atoms with Gasteiger partial charge in [-0.3, -0.25) is 4.79 Å². The monoisotopic (exact) mass is 388 g/mol. The van der Waals surface area contributed by atoms with E-state index in [4.69, 9.17) is 16.3 Å². The second kappa shape index (κ2) is 5.19. The predicted molar refractivity (Wildman–Crippen MR) is 88.5 cm³/mol. The molecule has 4 nitrogen and oxygen atoms in total. The van der Waals surface area contributed by atoms with Gasteiger partial charge in [-0.1, -0.05) is 11.6 Å². The molecule has 0 aliphatic carbocycles. The molecule has 3 heterocycles. The summed E-state index contributed by atoms with van der Waals surface area (Å²) in [5.41, 5.74) is 1.45. The standard InChI is InChI=1S/C14H14BrClN2O2S/c1-6-8-9(15)11(12(19)18-14(3)4-20-5-14)21-13(8)17-7(2)10(6)16/h4-5H2,1-3H3,(H,18,19). The molecule has 0 spiro atoms. The maximum absolute atomic E-state index is 12.5. The fraction of sp³-hybridized carbons (Fsp3) is 0.429. The smallest absolute Gasteiger partial charge is 0.263 e. The van der Waals surface area contributed by atoms with Crippen molar-refractivity contribution in [3.63, 3.8) is 0 Å². The Labute approximate surface area is 140 Å². The zero-order valence-corrected chi connectivity index (χ0v) is 15.0. The molecule has 3 rings (SSSR count). The zero-order valence-electron chi connectivity index (χ0n) is 11.8. The van der Waals surface area contributed by atoms with Crippen LogP contribution in [0, 0.1) is 13.8 Å². The molecule has 1 fully saturated rings. The van der Waals surface area contributed by atoms with Crippen molar-refractivity contribution in [2.24, 2.45) is 0 Å². The number of hydrogen-bond donors (Lipinski definition) is 1. The van der Waals surface area contributed by atoms with Crippen molar-refractivity contribution in [1.82, 2.24) is 10.3 Å². The molecule has 21 heavy (non-hydrogen) atoms. The quantitative estimate of drug-likeness (QED) is 0.849. The van der Waals surface area contributed by atoms with Crippen LogP contribution in [-0.2, 0) is 4.74 Å². The number of nitrogens with one attached hydrogen (secondary N) is 1. The number of ether oxygens (including phenoxy) is 1. The van der Waals surface area contributed by atoms with Gasteiger partial charge in [-0.2, -0.15) is 0 Å². The molecule has 7 heteroatoms. The summed E-state index contributed by atoms with van der Waals surface area (Å²) in [6.07, 6.45) is 0. The van der Waals surface area contributed by atoms with Crippen LogP contribution in [0.15, 0.2) is 4.47 Å². The van der Waals surface area contributed by atoms with Gasteiger partial charge in [0.15, 0.2) is 0 Å². The molecular formula is C14H14BrClN2O2S. The highest BCUT2D eigenvalue weighted by Crippen LogP contribution is 2.39. The lowest BCUT2D eigenvalue weighted by Crippen LogP contribution is -2.59. The van der Waals surface area contributed by atoms with E-state index in [1.807, 2.05) is 20.8 Å². The van der Waals surface area contributed by atoms with Gasteiger partial charge in [0.25, 0.3) is 5.91 Å². The lowest BCUT2D eigenvalue weighted by Gasteiger charge is -2.38. The van der Waals surface area contributed by atoms with Crippen LogP contribution < -0.4 is 5.32 Å². The van der Waals surface area contributed by atoms with Crippen LogP contribution in [0.5, 0.6) is 0 Å². The lowest BCUT2D eigenvalue weighted by molar-refractivity contribution is -0.0593. The molecular weight excluding hydrogens is 376 g/mol. The van der Waals surface area contributed by atoms with Crippen LogP contribution in [0.3, 0.4) is 0 Å². The Morgan fingerprint density at radius 2 is 2.14 bits per heavy atom. The molecule has 1 aliphatic heterocycles. The first-order valence-electron chi connectivity index (χ1n) is 6.47. The Morgan fingerprint density at radius 3 is 2.71 bits per heavy atom. The van der Waals surface area contributed by atoms with E-state index in [0.717, 1.165) is 25.9 Å². The SMILES string of the molecule is Cc1nc2sc(C(=O)NC3(C)COC3)c(Br)c2c(C)c1Cl. The number of carbonyl (C=O) groups excluding carboxylic acids is 1. The summed E-state index contributed by atoms with van der Waals surface area (Å²) in [6.45, 7) is 6.88. The lowest BCUT2D eigenvalue weighted by atomic mass is 10.0. The molecule has 112 valence electrons. The number of aromatic nitrogens is 1. The van der Waals surface area contributed by atoms with Gasteiger partial charge < -0.3 is 10.1 Å². The summed E-state index contributed by atoms with van der Waals surface area (Å²) in [6, 6.07) is 0. The molecule has 0 unspecified atom stereocenters. The molecule has 0 bridgehead atoms. The maximum Gasteiger partial charge on any atom is 0.263 e. The molecule has 1 amide bonds. The van der Waals surface area contributed by atoms with E-state index >= 15 is 0 Å². The number of fused-ring (bicyclic) bond motifs is 1. The summed E-state index contributed by atoms with van der Waals surface area (Å²) >= 11 is 11.2. The fourth-order valence-corrected chi connectivity index (χ4v) is 4.59. The van der Waals surface area contributed by atoms with E-state index in [1.165, 1.54) is 11.3 Å². The Kier molecular flexibility index (Phi) is 3.76. The first-order valence-corrected chi connectivity index (χ1v) is 8.46. The van der Waals surface area contributed by atoms with Crippen molar-refractivity contribution < 1.29 is 9.53 Å². The molecule has 0 saturated carbocycles. The number of halogens is 2. The number of hydrogen-bond acceptors (Lipinski definition) is 4. The maximum atomic E-state index is 12.5. The molecule has 1 aliphatic rings. The van der Waals surface area contributed by atoms with Crippen LogP contribution in [0.1, 0.15) is 27.9 Å². The van der Waals surface area contributed by atoms with Crippen molar-refractivity contribution in [2.75, 3.05) is 13.2 Å². The first-order chi connectivity index (χ1) is 9.82. The molecule has 2 aromatic heterocycles. The van der Waals surface area contributed by atoms with Gasteiger partial charge in [0.2, 0.25) is 0 Å². The summed E-state index contributed by atoms with van der Waals surface area (Å²) in [7, 11) is 0. The van der Waals surface area contributed by atoms with Gasteiger partial charge >= 0.3 is 0 Å². The third kappa shape index (κ3) is 2.48. The van der Waals surface area contributed by atoms with E-state index in [9.17, 15) is 4.79 Å². The number of pyridine rings is 1. The fourth-order valence-electron chi connectivity index (χ4n) is 2.34. The predicted octanol–water partition coefficient (Wildman–Crippen LogP) is 3.85. The van der Waals surface area contributed by atoms with Gasteiger partial charge in [0.1, 0.15) is 9.71 Å². The zero-order chi connectivity index (χ0) is 15.4. The Hall–Kier alpha value is -0.690. The number of thiophene rings is 1. The van der Waals surface area contributed by atoms with Crippen molar-refractivity contribution in [1.29, 1.82) is 0 Å². The van der Waals surface area contributed by atoms with E-state index in [0.29, 0.717) is 23.1 Å². The first kappa shape index (κ1) is 15.2. The molecule has 1 N–H and O–H groups in total. The number of aryl methyl sites for hydroxylation is 2. The van der Waals surface area contributed by atoms with Crippen LogP contribution in [0.2, 0.25) is 5.02 Å². The highest BCUT2D eigenvalue weighted by molar-refractivity contribution is 9.10. The highest BCUT2D eigenvalue weighted by Gasteiger charge is 2.36. The van der Waals surface area contributed by atoms with Crippen molar-refractivity contribution in [3.05, 3.63) is 25.6 Å². The largest absolute Gasteiger partial charge is 0.376 e. The third-order valence-electron chi connectivity index (χ3n) is 3.59. The summed E-state index contributed by atoms with van der Waals surface area (Å²) in [4.78, 5) is 18.4. The third-order valence-corrected chi connectivity index (χ3v) is 6.28. The van der Waals surface area contributed by atoms with E-state index in [1.54, 1.807) is 0 Å². The Morgan fingerprint density at radius 1 is 1.48 bits per heavy atom. The van der Waals surface area contributed by atoms with Gasteiger partial charge in [-0.25, -0.2) is 4.98 Å². The number of rotatable bonds is 2. The normalized spacial score (nSPS) is 16.8. The van der Waals surface area contributed by atoms with Gasteiger partial charge in [-0.15, -0.1) is 11.3 Å². The Bertz CT molecular complexity index is 755. The van der Waals surface area contributed by atoms with E-state index in [-0.39, 0.29) is 11.4 Å². The summed E-state index contributed by atoms with van der Waals surface area (Å²) in [5.74, 6) is -0.108. The van der Waals surface area contributed by atoms with E-state index in [2.05, 4.69) is 26.2 Å². The Balaban J connectivity index is 2.05. The summed E-state index contributed by atoms with van der Waals surface area (Å²) < 4.78 is 5.92. The van der Waals surface area contributed by atoms with Crippen molar-refractivity contribution in [2.45, 2.75) is 26.3 Å². The molecule has 2 aromatic rings. The second-order valence-electron chi connectivity index (χ2n) is 5.57. The van der Waals surface area contributed by atoms with Crippen molar-refractivity contribution in [3.8, 4) is 0 Å². The topological polar surface area (TPSA) is 51.2 Å². The number of nitrogens with zero attached hydrogens (tertiary/aromatic N) is 1. The minimum absolute atomic E-state index is 0.108. The van der Waals surface area contributed by atoms with Crippen LogP contribution >= 0.6 is 38.9 Å². The van der Waals surface area contributed by atoms with Crippen LogP contribution in [0.4, 0.5) is 0 Å². The summed E-state index contributed by atoms with van der Waals surface area (Å²) in [5, 5.41) is 4.57.